The van der Waals surface area contributed by atoms with Gasteiger partial charge < -0.3 is 9.64 Å². The van der Waals surface area contributed by atoms with Crippen molar-refractivity contribution < 1.29 is 31.1 Å². The van der Waals surface area contributed by atoms with Crippen LogP contribution < -0.4 is 4.72 Å². The Balaban J connectivity index is 2.29. The number of carbonyl (C=O) groups is 1. The van der Waals surface area contributed by atoms with Crippen LogP contribution in [0.5, 0.6) is 0 Å². The Morgan fingerprint density at radius 1 is 1.20 bits per heavy atom. The SMILES string of the molecule is COCCCN(C)C(=O)c1cc(S(=O)(=O)Nc2cccc(C(F)(F)F)c2)ccc1Cl. The van der Waals surface area contributed by atoms with Gasteiger partial charge in [-0.15, -0.1) is 0 Å². The standard InChI is InChI=1S/C19H20ClF3N2O4S/c1-25(9-4-10-29-2)18(26)16-12-15(7-8-17(16)20)30(27,28)24-14-6-3-5-13(11-14)19(21,22)23/h3,5-8,11-12,24H,4,9-10H2,1-2H3. The minimum absolute atomic E-state index is 0.0384. The van der Waals surface area contributed by atoms with Crippen molar-refractivity contribution in [2.45, 2.75) is 17.5 Å². The summed E-state index contributed by atoms with van der Waals surface area (Å²) in [7, 11) is -1.19. The molecule has 0 atom stereocenters. The van der Waals surface area contributed by atoms with Crippen LogP contribution in [-0.4, -0.2) is 46.5 Å². The van der Waals surface area contributed by atoms with Gasteiger partial charge in [0.15, 0.2) is 0 Å². The van der Waals surface area contributed by atoms with Crippen molar-refractivity contribution in [1.29, 1.82) is 0 Å². The first-order valence-electron chi connectivity index (χ1n) is 8.70. The molecular formula is C19H20ClF3N2O4S. The molecule has 0 aliphatic carbocycles. The predicted molar refractivity (Wildman–Crippen MR) is 107 cm³/mol. The van der Waals surface area contributed by atoms with Crippen molar-refractivity contribution in [2.24, 2.45) is 0 Å². The zero-order valence-electron chi connectivity index (χ0n) is 16.2. The molecule has 0 aliphatic heterocycles. The van der Waals surface area contributed by atoms with Gasteiger partial charge in [-0.25, -0.2) is 8.42 Å². The molecule has 2 aromatic carbocycles. The second-order valence-electron chi connectivity index (χ2n) is 6.40. The molecule has 0 saturated carbocycles. The van der Waals surface area contributed by atoms with E-state index in [1.807, 2.05) is 0 Å². The van der Waals surface area contributed by atoms with E-state index >= 15 is 0 Å². The average Bonchev–Trinajstić information content (AvgIpc) is 2.67. The summed E-state index contributed by atoms with van der Waals surface area (Å²) < 4.78 is 70.9. The van der Waals surface area contributed by atoms with Crippen molar-refractivity contribution in [3.63, 3.8) is 0 Å². The highest BCUT2D eigenvalue weighted by Crippen LogP contribution is 2.31. The van der Waals surface area contributed by atoms with Crippen LogP contribution in [0.3, 0.4) is 0 Å². The summed E-state index contributed by atoms with van der Waals surface area (Å²) in [4.78, 5) is 13.7. The number of alkyl halides is 3. The summed E-state index contributed by atoms with van der Waals surface area (Å²) >= 11 is 6.07. The third-order valence-electron chi connectivity index (χ3n) is 4.11. The molecule has 0 bridgehead atoms. The van der Waals surface area contributed by atoms with Crippen molar-refractivity contribution in [3.8, 4) is 0 Å². The summed E-state index contributed by atoms with van der Waals surface area (Å²) in [6.45, 7) is 0.809. The van der Waals surface area contributed by atoms with Crippen molar-refractivity contribution >= 4 is 33.2 Å². The second-order valence-corrected chi connectivity index (χ2v) is 8.49. The highest BCUT2D eigenvalue weighted by atomic mass is 35.5. The lowest BCUT2D eigenvalue weighted by atomic mass is 10.2. The topological polar surface area (TPSA) is 75.7 Å². The maximum atomic E-state index is 12.9. The fourth-order valence-electron chi connectivity index (χ4n) is 2.56. The van der Waals surface area contributed by atoms with Gasteiger partial charge in [-0.1, -0.05) is 17.7 Å². The van der Waals surface area contributed by atoms with Crippen LogP contribution in [0, 0.1) is 0 Å². The number of ether oxygens (including phenoxy) is 1. The van der Waals surface area contributed by atoms with E-state index in [1.165, 1.54) is 37.3 Å². The minimum Gasteiger partial charge on any atom is -0.385 e. The van der Waals surface area contributed by atoms with Crippen LogP contribution in [0.1, 0.15) is 22.3 Å². The number of anilines is 1. The first-order valence-corrected chi connectivity index (χ1v) is 10.6. The van der Waals surface area contributed by atoms with E-state index in [-0.39, 0.29) is 21.2 Å². The lowest BCUT2D eigenvalue weighted by Gasteiger charge is -2.18. The molecule has 0 heterocycles. The van der Waals surface area contributed by atoms with E-state index in [0.717, 1.165) is 18.2 Å². The zero-order valence-corrected chi connectivity index (χ0v) is 17.7. The molecule has 30 heavy (non-hydrogen) atoms. The number of nitrogens with one attached hydrogen (secondary N) is 1. The van der Waals surface area contributed by atoms with Crippen molar-refractivity contribution in [3.05, 3.63) is 58.6 Å². The second kappa shape index (κ2) is 9.67. The maximum Gasteiger partial charge on any atom is 0.416 e. The lowest BCUT2D eigenvalue weighted by Crippen LogP contribution is -2.29. The monoisotopic (exact) mass is 464 g/mol. The molecule has 2 rings (SSSR count). The number of nitrogens with zero attached hydrogens (tertiary/aromatic N) is 1. The fourth-order valence-corrected chi connectivity index (χ4v) is 3.84. The van der Waals surface area contributed by atoms with Crippen LogP contribution in [0.15, 0.2) is 47.4 Å². The van der Waals surface area contributed by atoms with Gasteiger partial charge in [0, 0.05) is 33.0 Å². The van der Waals surface area contributed by atoms with E-state index < -0.39 is 27.7 Å². The number of halogens is 4. The first kappa shape index (κ1) is 24.0. The van der Waals surface area contributed by atoms with Crippen LogP contribution in [0.4, 0.5) is 18.9 Å². The Kier molecular flexibility index (Phi) is 7.73. The normalized spacial score (nSPS) is 11.9. The third kappa shape index (κ3) is 6.10. The number of carbonyl (C=O) groups excluding carboxylic acids is 1. The molecule has 11 heteroatoms. The molecule has 6 nitrogen and oxygen atoms in total. The van der Waals surface area contributed by atoms with E-state index in [4.69, 9.17) is 16.3 Å². The smallest absolute Gasteiger partial charge is 0.385 e. The lowest BCUT2D eigenvalue weighted by molar-refractivity contribution is -0.137. The quantitative estimate of drug-likeness (QED) is 0.592. The summed E-state index contributed by atoms with van der Waals surface area (Å²) in [6.07, 6.45) is -4.04. The summed E-state index contributed by atoms with van der Waals surface area (Å²) in [5.41, 5.74) is -1.29. The molecule has 0 unspecified atom stereocenters. The van der Waals surface area contributed by atoms with Gasteiger partial charge >= 0.3 is 6.18 Å². The number of methoxy groups -OCH3 is 1. The van der Waals surface area contributed by atoms with E-state index in [9.17, 15) is 26.4 Å². The van der Waals surface area contributed by atoms with Gasteiger partial charge in [-0.2, -0.15) is 13.2 Å². The van der Waals surface area contributed by atoms with Gasteiger partial charge in [0.2, 0.25) is 0 Å². The number of benzene rings is 2. The summed E-state index contributed by atoms with van der Waals surface area (Å²) in [5, 5.41) is 0.0524. The molecule has 1 N–H and O–H groups in total. The van der Waals surface area contributed by atoms with Gasteiger partial charge in [0.1, 0.15) is 0 Å². The van der Waals surface area contributed by atoms with Gasteiger partial charge in [0.05, 0.1) is 21.0 Å². The number of hydrogen-bond donors (Lipinski definition) is 1. The Morgan fingerprint density at radius 2 is 1.90 bits per heavy atom. The molecule has 0 aliphatic rings. The fraction of sp³-hybridized carbons (Fsp3) is 0.316. The van der Waals surface area contributed by atoms with Crippen LogP contribution >= 0.6 is 11.6 Å². The summed E-state index contributed by atoms with van der Waals surface area (Å²) in [6, 6.07) is 7.30. The molecular weight excluding hydrogens is 445 g/mol. The minimum atomic E-state index is -4.62. The Hall–Kier alpha value is -2.30. The molecule has 0 aromatic heterocycles. The molecule has 0 spiro atoms. The van der Waals surface area contributed by atoms with Crippen molar-refractivity contribution in [1.82, 2.24) is 4.90 Å². The van der Waals surface area contributed by atoms with Gasteiger partial charge in [-0.3, -0.25) is 9.52 Å². The van der Waals surface area contributed by atoms with Crippen LogP contribution in [-0.2, 0) is 20.9 Å². The molecule has 1 amide bonds. The largest absolute Gasteiger partial charge is 0.416 e. The Bertz CT molecular complexity index is 1010. The highest BCUT2D eigenvalue weighted by molar-refractivity contribution is 7.92. The molecule has 0 saturated heterocycles. The maximum absolute atomic E-state index is 12.9. The van der Waals surface area contributed by atoms with Crippen LogP contribution in [0.25, 0.3) is 0 Å². The van der Waals surface area contributed by atoms with Crippen molar-refractivity contribution in [2.75, 3.05) is 32.0 Å². The molecule has 2 aromatic rings. The van der Waals surface area contributed by atoms with E-state index in [2.05, 4.69) is 4.72 Å². The highest BCUT2D eigenvalue weighted by Gasteiger charge is 2.31. The average molecular weight is 465 g/mol. The Labute approximate surface area is 177 Å². The van der Waals surface area contributed by atoms with E-state index in [1.54, 1.807) is 0 Å². The first-order chi connectivity index (χ1) is 14.0. The van der Waals surface area contributed by atoms with Gasteiger partial charge in [0.25, 0.3) is 15.9 Å². The van der Waals surface area contributed by atoms with Crippen LogP contribution in [0.2, 0.25) is 5.02 Å². The molecule has 0 fully saturated rings. The predicted octanol–water partition coefficient (Wildman–Crippen LogP) is 4.27. The van der Waals surface area contributed by atoms with E-state index in [0.29, 0.717) is 25.6 Å². The number of sulfonamides is 1. The third-order valence-corrected chi connectivity index (χ3v) is 5.82. The number of hydrogen-bond acceptors (Lipinski definition) is 4. The zero-order chi connectivity index (χ0) is 22.5. The number of amides is 1. The summed E-state index contributed by atoms with van der Waals surface area (Å²) in [5.74, 6) is -0.493. The molecule has 164 valence electrons. The number of rotatable bonds is 8. The molecule has 0 radical (unpaired) electrons. The Morgan fingerprint density at radius 3 is 2.53 bits per heavy atom. The van der Waals surface area contributed by atoms with Gasteiger partial charge in [-0.05, 0) is 42.8 Å².